The van der Waals surface area contributed by atoms with E-state index >= 15 is 0 Å². The molecular weight excluding hydrogens is 376 g/mol. The van der Waals surface area contributed by atoms with Crippen molar-refractivity contribution in [1.29, 1.82) is 0 Å². The first-order chi connectivity index (χ1) is 13.9. The topological polar surface area (TPSA) is 142 Å². The number of anilines is 2. The number of H-pyrrole nitrogens is 1. The molecule has 0 saturated carbocycles. The zero-order valence-corrected chi connectivity index (χ0v) is 15.4. The van der Waals surface area contributed by atoms with Gasteiger partial charge in [0, 0.05) is 11.4 Å². The standard InChI is InChI=1S/C19H18N6O4/c1-12(21-18(26)17-16(25(28)29)11-20-24-17)13-7-9-15(10-8-13)23-19(27)22-14-5-3-2-4-6-14/h2-12H,1H3,(H,20,24)(H,21,26)(H2,22,23,27)/t12-/m0/s1. The maximum absolute atomic E-state index is 12.2. The van der Waals surface area contributed by atoms with Crippen LogP contribution in [-0.2, 0) is 0 Å². The molecule has 0 fully saturated rings. The van der Waals surface area contributed by atoms with Crippen LogP contribution in [-0.4, -0.2) is 27.1 Å². The van der Waals surface area contributed by atoms with E-state index in [0.717, 1.165) is 11.8 Å². The Morgan fingerprint density at radius 2 is 1.66 bits per heavy atom. The summed E-state index contributed by atoms with van der Waals surface area (Å²) in [4.78, 5) is 34.5. The zero-order chi connectivity index (χ0) is 20.8. The fraction of sp³-hybridized carbons (Fsp3) is 0.105. The molecule has 0 aliphatic carbocycles. The number of nitrogens with one attached hydrogen (secondary N) is 4. The number of hydrogen-bond acceptors (Lipinski definition) is 5. The molecule has 0 bridgehead atoms. The second-order valence-electron chi connectivity index (χ2n) is 6.15. The van der Waals surface area contributed by atoms with Crippen molar-refractivity contribution < 1.29 is 14.5 Å². The normalized spacial score (nSPS) is 11.3. The first-order valence-electron chi connectivity index (χ1n) is 8.65. The third-order valence-electron chi connectivity index (χ3n) is 4.09. The van der Waals surface area contributed by atoms with E-state index in [9.17, 15) is 19.7 Å². The van der Waals surface area contributed by atoms with Gasteiger partial charge in [0.15, 0.2) is 0 Å². The fourth-order valence-corrected chi connectivity index (χ4v) is 2.61. The lowest BCUT2D eigenvalue weighted by Gasteiger charge is -2.14. The lowest BCUT2D eigenvalue weighted by atomic mass is 10.1. The quantitative estimate of drug-likeness (QED) is 0.374. The lowest BCUT2D eigenvalue weighted by molar-refractivity contribution is -0.385. The zero-order valence-electron chi connectivity index (χ0n) is 15.4. The van der Waals surface area contributed by atoms with Crippen LogP contribution < -0.4 is 16.0 Å². The Kier molecular flexibility index (Phi) is 5.83. The molecule has 0 radical (unpaired) electrons. The summed E-state index contributed by atoms with van der Waals surface area (Å²) in [6.07, 6.45) is 0.987. The van der Waals surface area contributed by atoms with Crippen LogP contribution in [0.5, 0.6) is 0 Å². The van der Waals surface area contributed by atoms with Crippen LogP contribution in [0.2, 0.25) is 0 Å². The molecule has 1 heterocycles. The molecule has 1 aromatic heterocycles. The van der Waals surface area contributed by atoms with Gasteiger partial charge in [0.2, 0.25) is 5.69 Å². The molecule has 0 spiro atoms. The van der Waals surface area contributed by atoms with E-state index in [-0.39, 0.29) is 11.7 Å². The maximum Gasteiger partial charge on any atom is 0.323 e. The highest BCUT2D eigenvalue weighted by molar-refractivity contribution is 5.99. The van der Waals surface area contributed by atoms with Crippen LogP contribution in [0.3, 0.4) is 0 Å². The van der Waals surface area contributed by atoms with Gasteiger partial charge in [-0.05, 0) is 36.8 Å². The second kappa shape index (κ2) is 8.65. The number of amides is 3. The molecule has 29 heavy (non-hydrogen) atoms. The van der Waals surface area contributed by atoms with Crippen molar-refractivity contribution in [2.24, 2.45) is 0 Å². The van der Waals surface area contributed by atoms with Gasteiger partial charge < -0.3 is 16.0 Å². The average molecular weight is 394 g/mol. The van der Waals surface area contributed by atoms with E-state index in [1.54, 1.807) is 43.3 Å². The average Bonchev–Trinajstić information content (AvgIpc) is 3.19. The number of aromatic amines is 1. The largest absolute Gasteiger partial charge is 0.344 e. The number of carbonyl (C=O) groups excluding carboxylic acids is 2. The van der Waals surface area contributed by atoms with Crippen LogP contribution in [0, 0.1) is 10.1 Å². The van der Waals surface area contributed by atoms with Gasteiger partial charge in [-0.3, -0.25) is 20.0 Å². The number of carbonyl (C=O) groups is 2. The number of urea groups is 1. The Hall–Kier alpha value is -4.21. The van der Waals surface area contributed by atoms with Crippen LogP contribution in [0.15, 0.2) is 60.8 Å². The molecule has 0 aliphatic heterocycles. The highest BCUT2D eigenvalue weighted by atomic mass is 16.6. The molecule has 0 unspecified atom stereocenters. The van der Waals surface area contributed by atoms with Crippen LogP contribution in [0.4, 0.5) is 21.9 Å². The van der Waals surface area contributed by atoms with E-state index in [0.29, 0.717) is 11.4 Å². The van der Waals surface area contributed by atoms with Crippen LogP contribution in [0.25, 0.3) is 0 Å². The van der Waals surface area contributed by atoms with Crippen LogP contribution in [0.1, 0.15) is 29.0 Å². The molecular formula is C19H18N6O4. The summed E-state index contributed by atoms with van der Waals surface area (Å²) in [5.41, 5.74) is 1.40. The molecule has 2 aromatic carbocycles. The minimum absolute atomic E-state index is 0.210. The number of aromatic nitrogens is 2. The van der Waals surface area contributed by atoms with Gasteiger partial charge in [0.25, 0.3) is 5.91 Å². The predicted octanol–water partition coefficient (Wildman–Crippen LogP) is 3.45. The number of benzene rings is 2. The van der Waals surface area contributed by atoms with Gasteiger partial charge >= 0.3 is 11.7 Å². The molecule has 1 atom stereocenters. The molecule has 10 nitrogen and oxygen atoms in total. The third-order valence-corrected chi connectivity index (χ3v) is 4.09. The van der Waals surface area contributed by atoms with Crippen molar-refractivity contribution in [2.75, 3.05) is 10.6 Å². The molecule has 148 valence electrons. The summed E-state index contributed by atoms with van der Waals surface area (Å²) in [5, 5.41) is 24.9. The lowest BCUT2D eigenvalue weighted by Crippen LogP contribution is -2.27. The van der Waals surface area contributed by atoms with Gasteiger partial charge in [0.1, 0.15) is 6.20 Å². The molecule has 3 aromatic rings. The van der Waals surface area contributed by atoms with Gasteiger partial charge in [-0.2, -0.15) is 5.10 Å². The summed E-state index contributed by atoms with van der Waals surface area (Å²) < 4.78 is 0. The predicted molar refractivity (Wildman–Crippen MR) is 107 cm³/mol. The molecule has 10 heteroatoms. The number of rotatable bonds is 6. The smallest absolute Gasteiger partial charge is 0.323 e. The molecule has 0 aliphatic rings. The summed E-state index contributed by atoms with van der Waals surface area (Å²) in [6.45, 7) is 1.74. The highest BCUT2D eigenvalue weighted by Gasteiger charge is 2.24. The van der Waals surface area contributed by atoms with Crippen molar-refractivity contribution in [3.8, 4) is 0 Å². The summed E-state index contributed by atoms with van der Waals surface area (Å²) in [6, 6.07) is 15.1. The molecule has 0 saturated heterocycles. The summed E-state index contributed by atoms with van der Waals surface area (Å²) >= 11 is 0. The van der Waals surface area contributed by atoms with Crippen molar-refractivity contribution in [3.63, 3.8) is 0 Å². The Morgan fingerprint density at radius 3 is 2.28 bits per heavy atom. The van der Waals surface area contributed by atoms with E-state index in [1.807, 2.05) is 18.2 Å². The minimum atomic E-state index is -0.677. The Bertz CT molecular complexity index is 1020. The Labute approximate surface area is 165 Å². The van der Waals surface area contributed by atoms with Gasteiger partial charge in [-0.15, -0.1) is 0 Å². The Balaban J connectivity index is 1.59. The van der Waals surface area contributed by atoms with Gasteiger partial charge in [-0.25, -0.2) is 4.79 Å². The first-order valence-corrected chi connectivity index (χ1v) is 8.65. The second-order valence-corrected chi connectivity index (χ2v) is 6.15. The maximum atomic E-state index is 12.2. The molecule has 3 amide bonds. The minimum Gasteiger partial charge on any atom is -0.344 e. The van der Waals surface area contributed by atoms with Crippen molar-refractivity contribution in [1.82, 2.24) is 15.5 Å². The number of para-hydroxylation sites is 1. The summed E-state index contributed by atoms with van der Waals surface area (Å²) in [7, 11) is 0. The first kappa shape index (κ1) is 19.5. The Morgan fingerprint density at radius 1 is 1.03 bits per heavy atom. The number of hydrogen-bond donors (Lipinski definition) is 4. The van der Waals surface area contributed by atoms with E-state index in [4.69, 9.17) is 0 Å². The van der Waals surface area contributed by atoms with Crippen molar-refractivity contribution in [2.45, 2.75) is 13.0 Å². The van der Waals surface area contributed by atoms with Gasteiger partial charge in [0.05, 0.1) is 11.0 Å². The number of nitrogens with zero attached hydrogens (tertiary/aromatic N) is 2. The monoisotopic (exact) mass is 394 g/mol. The fourth-order valence-electron chi connectivity index (χ4n) is 2.61. The number of nitro groups is 1. The van der Waals surface area contributed by atoms with E-state index < -0.39 is 22.6 Å². The van der Waals surface area contributed by atoms with Crippen molar-refractivity contribution in [3.05, 3.63) is 82.2 Å². The van der Waals surface area contributed by atoms with Crippen LogP contribution >= 0.6 is 0 Å². The molecule has 4 N–H and O–H groups in total. The third kappa shape index (κ3) is 4.95. The van der Waals surface area contributed by atoms with E-state index in [2.05, 4.69) is 26.1 Å². The van der Waals surface area contributed by atoms with Gasteiger partial charge in [-0.1, -0.05) is 30.3 Å². The van der Waals surface area contributed by atoms with E-state index in [1.165, 1.54) is 0 Å². The van der Waals surface area contributed by atoms with Crippen molar-refractivity contribution >= 4 is 29.0 Å². The summed E-state index contributed by atoms with van der Waals surface area (Å²) in [5.74, 6) is -0.633. The molecule has 3 rings (SSSR count). The SMILES string of the molecule is C[C@H](NC(=O)c1[nH]ncc1[N+](=O)[O-])c1ccc(NC(=O)Nc2ccccc2)cc1. The highest BCUT2D eigenvalue weighted by Crippen LogP contribution is 2.19.